The molecule has 0 aromatic rings. The van der Waals surface area contributed by atoms with Crippen LogP contribution in [0.15, 0.2) is 0 Å². The summed E-state index contributed by atoms with van der Waals surface area (Å²) in [5, 5.41) is 0. The van der Waals surface area contributed by atoms with Gasteiger partial charge < -0.3 is 9.47 Å². The van der Waals surface area contributed by atoms with E-state index in [2.05, 4.69) is 27.7 Å². The van der Waals surface area contributed by atoms with Crippen LogP contribution in [0.5, 0.6) is 0 Å². The summed E-state index contributed by atoms with van der Waals surface area (Å²) in [5.74, 6) is 1.23. The lowest BCUT2D eigenvalue weighted by molar-refractivity contribution is -0.145. The first kappa shape index (κ1) is 29.9. The number of carbonyl (C=O) groups is 2. The van der Waals surface area contributed by atoms with Gasteiger partial charge >= 0.3 is 11.9 Å². The highest BCUT2D eigenvalue weighted by Crippen LogP contribution is 2.12. The molecule has 0 saturated heterocycles. The monoisotopic (exact) mass is 440 g/mol. The molecule has 4 heteroatoms. The van der Waals surface area contributed by atoms with Gasteiger partial charge in [0.2, 0.25) is 0 Å². The summed E-state index contributed by atoms with van der Waals surface area (Å²) in [7, 11) is 0. The van der Waals surface area contributed by atoms with Gasteiger partial charge in [0.25, 0.3) is 0 Å². The van der Waals surface area contributed by atoms with Crippen molar-refractivity contribution in [2.24, 2.45) is 11.8 Å². The van der Waals surface area contributed by atoms with Crippen molar-refractivity contribution in [1.29, 1.82) is 0 Å². The summed E-state index contributed by atoms with van der Waals surface area (Å²) >= 11 is 0. The van der Waals surface area contributed by atoms with Crippen molar-refractivity contribution in [2.75, 3.05) is 13.2 Å². The molecule has 0 N–H and O–H groups in total. The molecule has 0 aromatic heterocycles. The zero-order valence-electron chi connectivity index (χ0n) is 21.2. The van der Waals surface area contributed by atoms with Crippen molar-refractivity contribution >= 4 is 11.9 Å². The van der Waals surface area contributed by atoms with E-state index in [9.17, 15) is 9.59 Å². The molecule has 0 aromatic carbocycles. The third-order valence-electron chi connectivity index (χ3n) is 5.64. The third-order valence-corrected chi connectivity index (χ3v) is 5.64. The van der Waals surface area contributed by atoms with E-state index in [0.29, 0.717) is 32.5 Å². The summed E-state index contributed by atoms with van der Waals surface area (Å²) in [6, 6.07) is 0. The number of unbranched alkanes of at least 4 members (excludes halogenated alkanes) is 10. The molecule has 0 spiro atoms. The van der Waals surface area contributed by atoms with E-state index in [4.69, 9.17) is 9.47 Å². The summed E-state index contributed by atoms with van der Waals surface area (Å²) < 4.78 is 10.5. The van der Waals surface area contributed by atoms with Crippen LogP contribution in [0.25, 0.3) is 0 Å². The molecule has 0 saturated carbocycles. The van der Waals surface area contributed by atoms with Gasteiger partial charge in [-0.05, 0) is 31.1 Å². The Kier molecular flexibility index (Phi) is 21.4. The lowest BCUT2D eigenvalue weighted by Crippen LogP contribution is -2.09. The van der Waals surface area contributed by atoms with Crippen LogP contribution < -0.4 is 0 Å². The molecular weight excluding hydrogens is 388 g/mol. The van der Waals surface area contributed by atoms with Crippen LogP contribution in [-0.2, 0) is 19.1 Å². The van der Waals surface area contributed by atoms with Gasteiger partial charge in [-0.2, -0.15) is 0 Å². The Morgan fingerprint density at radius 2 is 0.806 bits per heavy atom. The van der Waals surface area contributed by atoms with E-state index < -0.39 is 0 Å². The van der Waals surface area contributed by atoms with Gasteiger partial charge in [-0.3, -0.25) is 9.59 Å². The number of esters is 2. The normalized spacial score (nSPS) is 11.3. The minimum atomic E-state index is -0.192. The lowest BCUT2D eigenvalue weighted by atomic mass is 10.0. The van der Waals surface area contributed by atoms with E-state index in [0.717, 1.165) is 37.5 Å². The predicted octanol–water partition coefficient (Wildman–Crippen LogP) is 8.02. The molecule has 31 heavy (non-hydrogen) atoms. The number of carbonyl (C=O) groups excluding carboxylic acids is 2. The van der Waals surface area contributed by atoms with Crippen molar-refractivity contribution in [3.8, 4) is 0 Å². The SMILES string of the molecule is CC(C)CCCCCCCCOC(=O)CCCC(=O)OCCCCCCCCC(C)C. The van der Waals surface area contributed by atoms with Crippen LogP contribution in [0.4, 0.5) is 0 Å². The molecule has 184 valence electrons. The van der Waals surface area contributed by atoms with Crippen molar-refractivity contribution in [2.45, 2.75) is 137 Å². The number of hydrogen-bond acceptors (Lipinski definition) is 4. The lowest BCUT2D eigenvalue weighted by Gasteiger charge is -2.07. The first-order chi connectivity index (χ1) is 14.9. The Bertz CT molecular complexity index is 379. The van der Waals surface area contributed by atoms with Gasteiger partial charge in [0.15, 0.2) is 0 Å². The molecule has 0 amide bonds. The zero-order chi connectivity index (χ0) is 23.2. The Morgan fingerprint density at radius 3 is 1.16 bits per heavy atom. The first-order valence-electron chi connectivity index (χ1n) is 13.2. The second kappa shape index (κ2) is 22.1. The Balaban J connectivity index is 3.33. The van der Waals surface area contributed by atoms with E-state index in [-0.39, 0.29) is 11.9 Å². The van der Waals surface area contributed by atoms with E-state index in [1.807, 2.05) is 0 Å². The van der Waals surface area contributed by atoms with Crippen LogP contribution in [-0.4, -0.2) is 25.2 Å². The van der Waals surface area contributed by atoms with Gasteiger partial charge in [0.1, 0.15) is 0 Å². The number of ether oxygens (including phenoxy) is 2. The molecule has 0 aliphatic carbocycles. The Labute approximate surface area is 193 Å². The van der Waals surface area contributed by atoms with Crippen LogP contribution in [0, 0.1) is 11.8 Å². The minimum Gasteiger partial charge on any atom is -0.466 e. The molecule has 0 radical (unpaired) electrons. The fourth-order valence-electron chi connectivity index (χ4n) is 3.62. The quantitative estimate of drug-likeness (QED) is 0.126. The van der Waals surface area contributed by atoms with Crippen LogP contribution in [0.3, 0.4) is 0 Å². The average molecular weight is 441 g/mol. The first-order valence-corrected chi connectivity index (χ1v) is 13.2. The van der Waals surface area contributed by atoms with Gasteiger partial charge in [-0.25, -0.2) is 0 Å². The van der Waals surface area contributed by atoms with E-state index in [1.165, 1.54) is 64.2 Å². The molecule has 0 atom stereocenters. The Morgan fingerprint density at radius 1 is 0.484 bits per heavy atom. The summed E-state index contributed by atoms with van der Waals surface area (Å²) in [6.45, 7) is 10.1. The summed E-state index contributed by atoms with van der Waals surface area (Å²) in [5.41, 5.74) is 0. The maximum atomic E-state index is 11.7. The van der Waals surface area contributed by atoms with Crippen LogP contribution in [0.1, 0.15) is 137 Å². The van der Waals surface area contributed by atoms with Crippen molar-refractivity contribution in [3.05, 3.63) is 0 Å². The fraction of sp³-hybridized carbons (Fsp3) is 0.926. The molecule has 0 fully saturated rings. The summed E-state index contributed by atoms with van der Waals surface area (Å²) in [4.78, 5) is 23.5. The molecule has 0 rings (SSSR count). The molecule has 0 bridgehead atoms. The molecule has 0 heterocycles. The molecular formula is C27H52O4. The number of rotatable bonds is 22. The maximum Gasteiger partial charge on any atom is 0.305 e. The van der Waals surface area contributed by atoms with Gasteiger partial charge in [-0.1, -0.05) is 105 Å². The fourth-order valence-corrected chi connectivity index (χ4v) is 3.62. The highest BCUT2D eigenvalue weighted by Gasteiger charge is 2.07. The van der Waals surface area contributed by atoms with Crippen LogP contribution in [0.2, 0.25) is 0 Å². The van der Waals surface area contributed by atoms with E-state index in [1.54, 1.807) is 0 Å². The van der Waals surface area contributed by atoms with Crippen molar-refractivity contribution in [1.82, 2.24) is 0 Å². The van der Waals surface area contributed by atoms with Crippen molar-refractivity contribution < 1.29 is 19.1 Å². The molecule has 0 unspecified atom stereocenters. The Hall–Kier alpha value is -1.06. The largest absolute Gasteiger partial charge is 0.466 e. The highest BCUT2D eigenvalue weighted by molar-refractivity contribution is 5.72. The molecule has 0 aliphatic rings. The predicted molar refractivity (Wildman–Crippen MR) is 130 cm³/mol. The smallest absolute Gasteiger partial charge is 0.305 e. The minimum absolute atomic E-state index is 0.192. The number of hydrogen-bond donors (Lipinski definition) is 0. The highest BCUT2D eigenvalue weighted by atomic mass is 16.5. The molecule has 0 aliphatic heterocycles. The third kappa shape index (κ3) is 25.1. The standard InChI is InChI=1S/C27H52O4/c1-24(2)18-13-9-5-7-11-15-22-30-26(28)20-17-21-27(29)31-23-16-12-8-6-10-14-19-25(3)4/h24-25H,5-23H2,1-4H3. The second-order valence-electron chi connectivity index (χ2n) is 9.90. The maximum absolute atomic E-state index is 11.7. The average Bonchev–Trinajstić information content (AvgIpc) is 2.70. The zero-order valence-corrected chi connectivity index (χ0v) is 21.2. The van der Waals surface area contributed by atoms with Crippen LogP contribution >= 0.6 is 0 Å². The van der Waals surface area contributed by atoms with Gasteiger partial charge in [0, 0.05) is 12.8 Å². The second-order valence-corrected chi connectivity index (χ2v) is 9.90. The molecule has 4 nitrogen and oxygen atoms in total. The van der Waals surface area contributed by atoms with Gasteiger partial charge in [-0.15, -0.1) is 0 Å². The van der Waals surface area contributed by atoms with E-state index >= 15 is 0 Å². The summed E-state index contributed by atoms with van der Waals surface area (Å²) in [6.07, 6.45) is 18.2. The topological polar surface area (TPSA) is 52.6 Å². The van der Waals surface area contributed by atoms with Crippen molar-refractivity contribution in [3.63, 3.8) is 0 Å². The van der Waals surface area contributed by atoms with Gasteiger partial charge in [0.05, 0.1) is 13.2 Å².